The van der Waals surface area contributed by atoms with Crippen LogP contribution in [0, 0.1) is 0 Å². The fourth-order valence-corrected chi connectivity index (χ4v) is 3.86. The first-order valence-electron chi connectivity index (χ1n) is 10.1. The molecule has 0 spiro atoms. The first-order valence-corrected chi connectivity index (χ1v) is 10.1. The van der Waals surface area contributed by atoms with Crippen LogP contribution in [0.25, 0.3) is 0 Å². The summed E-state index contributed by atoms with van der Waals surface area (Å²) < 4.78 is 11.6. The van der Waals surface area contributed by atoms with E-state index in [1.165, 1.54) is 18.4 Å². The van der Waals surface area contributed by atoms with Crippen molar-refractivity contribution in [2.45, 2.75) is 44.8 Å². The van der Waals surface area contributed by atoms with Crippen molar-refractivity contribution in [3.63, 3.8) is 0 Å². The van der Waals surface area contributed by atoms with E-state index in [0.717, 1.165) is 45.1 Å². The summed E-state index contributed by atoms with van der Waals surface area (Å²) in [4.78, 5) is 4.84. The normalized spacial score (nSPS) is 23.5. The van der Waals surface area contributed by atoms with E-state index >= 15 is 0 Å². The molecule has 0 aliphatic carbocycles. The van der Waals surface area contributed by atoms with Gasteiger partial charge in [0.25, 0.3) is 0 Å². The molecule has 5 heteroatoms. The minimum atomic E-state index is -0.458. The lowest BCUT2D eigenvalue weighted by molar-refractivity contribution is 0.0262. The Morgan fingerprint density at radius 1 is 1.15 bits per heavy atom. The molecule has 2 aliphatic rings. The largest absolute Gasteiger partial charge is 0.491 e. The highest BCUT2D eigenvalue weighted by Crippen LogP contribution is 2.26. The number of hydrogen-bond donors (Lipinski definition) is 1. The second-order valence-electron chi connectivity index (χ2n) is 7.89. The van der Waals surface area contributed by atoms with Crippen molar-refractivity contribution in [1.82, 2.24) is 9.80 Å². The van der Waals surface area contributed by atoms with Crippen LogP contribution in [-0.4, -0.2) is 79.6 Å². The Balaban J connectivity index is 1.37. The van der Waals surface area contributed by atoms with Crippen LogP contribution in [0.2, 0.25) is 0 Å². The molecule has 0 saturated carbocycles. The van der Waals surface area contributed by atoms with Gasteiger partial charge in [0.1, 0.15) is 18.5 Å². The van der Waals surface area contributed by atoms with Crippen LogP contribution >= 0.6 is 0 Å². The maximum atomic E-state index is 10.4. The Bertz CT molecular complexity index is 538. The number of β-amino-alcohol motifs (C(OH)–C–C–N with tert-alkyl or cyclic N) is 1. The number of aliphatic hydroxyl groups is 1. The van der Waals surface area contributed by atoms with Crippen LogP contribution in [0.4, 0.5) is 0 Å². The highest BCUT2D eigenvalue weighted by atomic mass is 16.5. The smallest absolute Gasteiger partial charge is 0.122 e. The first kappa shape index (κ1) is 19.6. The predicted octanol–water partition coefficient (Wildman–Crippen LogP) is 2.35. The van der Waals surface area contributed by atoms with Crippen LogP contribution in [0.5, 0.6) is 5.75 Å². The van der Waals surface area contributed by atoms with Gasteiger partial charge in [0.05, 0.1) is 6.10 Å². The summed E-state index contributed by atoms with van der Waals surface area (Å²) in [7, 11) is 0. The summed E-state index contributed by atoms with van der Waals surface area (Å²) in [6, 6.07) is 8.11. The van der Waals surface area contributed by atoms with Crippen LogP contribution in [-0.2, 0) is 4.74 Å². The summed E-state index contributed by atoms with van der Waals surface area (Å²) >= 11 is 0. The van der Waals surface area contributed by atoms with Crippen molar-refractivity contribution in [2.24, 2.45) is 0 Å². The number of ether oxygens (including phenoxy) is 2. The Morgan fingerprint density at radius 2 is 1.88 bits per heavy atom. The van der Waals surface area contributed by atoms with E-state index in [1.54, 1.807) is 0 Å². The van der Waals surface area contributed by atoms with Crippen LogP contribution in [0.1, 0.15) is 38.2 Å². The number of rotatable bonds is 8. The molecular weight excluding hydrogens is 328 g/mol. The lowest BCUT2D eigenvalue weighted by Crippen LogP contribution is -2.50. The predicted molar refractivity (Wildman–Crippen MR) is 104 cm³/mol. The number of hydrogen-bond acceptors (Lipinski definition) is 5. The first-order chi connectivity index (χ1) is 12.6. The van der Waals surface area contributed by atoms with E-state index in [1.807, 2.05) is 18.2 Å². The maximum absolute atomic E-state index is 10.4. The number of aliphatic hydroxyl groups excluding tert-OH is 1. The summed E-state index contributed by atoms with van der Waals surface area (Å²) in [6.07, 6.45) is 2.38. The molecular formula is C21H34N2O3. The van der Waals surface area contributed by atoms with Gasteiger partial charge < -0.3 is 14.6 Å². The maximum Gasteiger partial charge on any atom is 0.122 e. The van der Waals surface area contributed by atoms with Gasteiger partial charge in [-0.1, -0.05) is 32.0 Å². The van der Waals surface area contributed by atoms with Crippen molar-refractivity contribution in [2.75, 3.05) is 52.5 Å². The zero-order valence-electron chi connectivity index (χ0n) is 16.3. The molecule has 146 valence electrons. The Morgan fingerprint density at radius 3 is 2.58 bits per heavy atom. The average Bonchev–Trinajstić information content (AvgIpc) is 3.15. The third kappa shape index (κ3) is 5.68. The fourth-order valence-electron chi connectivity index (χ4n) is 3.86. The van der Waals surface area contributed by atoms with Gasteiger partial charge in [-0.25, -0.2) is 0 Å². The molecule has 1 aromatic rings. The monoisotopic (exact) mass is 362 g/mol. The topological polar surface area (TPSA) is 45.2 Å². The molecule has 1 N–H and O–H groups in total. The van der Waals surface area contributed by atoms with Gasteiger partial charge >= 0.3 is 0 Å². The molecule has 1 aromatic carbocycles. The van der Waals surface area contributed by atoms with Crippen molar-refractivity contribution in [1.29, 1.82) is 0 Å². The van der Waals surface area contributed by atoms with Gasteiger partial charge in [-0.15, -0.1) is 0 Å². The van der Waals surface area contributed by atoms with Crippen LogP contribution in [0.15, 0.2) is 24.3 Å². The van der Waals surface area contributed by atoms with E-state index in [0.29, 0.717) is 25.2 Å². The molecule has 0 unspecified atom stereocenters. The molecule has 2 atom stereocenters. The molecule has 0 aromatic heterocycles. The standard InChI is InChI=1S/C21H34N2O3/c1-17(2)20-7-3-4-8-21(20)26-16-18(24)14-22-9-11-23(12-10-22)15-19-6-5-13-25-19/h3-4,7-8,17-19,24H,5-6,9-16H2,1-2H3/t18-,19-/m0/s1. The third-order valence-electron chi connectivity index (χ3n) is 5.39. The van der Waals surface area contributed by atoms with Gasteiger partial charge in [-0.2, -0.15) is 0 Å². The lowest BCUT2D eigenvalue weighted by Gasteiger charge is -2.36. The lowest BCUT2D eigenvalue weighted by atomic mass is 10.0. The van der Waals surface area contributed by atoms with E-state index in [2.05, 4.69) is 29.7 Å². The van der Waals surface area contributed by atoms with E-state index in [4.69, 9.17) is 9.47 Å². The number of nitrogens with zero attached hydrogens (tertiary/aromatic N) is 2. The molecule has 2 heterocycles. The van der Waals surface area contributed by atoms with Gasteiger partial charge in [0.2, 0.25) is 0 Å². The molecule has 0 radical (unpaired) electrons. The highest BCUT2D eigenvalue weighted by Gasteiger charge is 2.24. The summed E-state index contributed by atoms with van der Waals surface area (Å²) in [5, 5.41) is 10.4. The van der Waals surface area contributed by atoms with Crippen molar-refractivity contribution >= 4 is 0 Å². The van der Waals surface area contributed by atoms with E-state index < -0.39 is 6.10 Å². The van der Waals surface area contributed by atoms with Crippen molar-refractivity contribution < 1.29 is 14.6 Å². The van der Waals surface area contributed by atoms with Crippen molar-refractivity contribution in [3.05, 3.63) is 29.8 Å². The number of benzene rings is 1. The molecule has 3 rings (SSSR count). The second kappa shape index (κ2) is 9.70. The second-order valence-corrected chi connectivity index (χ2v) is 7.89. The minimum absolute atomic E-state index is 0.347. The molecule has 2 aliphatic heterocycles. The van der Waals surface area contributed by atoms with Crippen LogP contribution in [0.3, 0.4) is 0 Å². The van der Waals surface area contributed by atoms with Gasteiger partial charge in [-0.3, -0.25) is 9.80 Å². The summed E-state index contributed by atoms with van der Waals surface area (Å²) in [6.45, 7) is 11.5. The molecule has 5 nitrogen and oxygen atoms in total. The molecule has 2 fully saturated rings. The highest BCUT2D eigenvalue weighted by molar-refractivity contribution is 5.35. The third-order valence-corrected chi connectivity index (χ3v) is 5.39. The summed E-state index contributed by atoms with van der Waals surface area (Å²) in [5.74, 6) is 1.31. The van der Waals surface area contributed by atoms with Gasteiger partial charge in [0, 0.05) is 45.9 Å². The van der Waals surface area contributed by atoms with E-state index in [-0.39, 0.29) is 0 Å². The molecule has 2 saturated heterocycles. The summed E-state index contributed by atoms with van der Waals surface area (Å²) in [5.41, 5.74) is 1.20. The Labute approximate surface area is 157 Å². The zero-order valence-corrected chi connectivity index (χ0v) is 16.3. The number of piperazine rings is 1. The fraction of sp³-hybridized carbons (Fsp3) is 0.714. The number of para-hydroxylation sites is 1. The molecule has 0 amide bonds. The molecule has 26 heavy (non-hydrogen) atoms. The van der Waals surface area contributed by atoms with E-state index in [9.17, 15) is 5.11 Å². The van der Waals surface area contributed by atoms with Crippen LogP contribution < -0.4 is 4.74 Å². The molecule has 0 bridgehead atoms. The minimum Gasteiger partial charge on any atom is -0.491 e. The zero-order chi connectivity index (χ0) is 18.4. The quantitative estimate of drug-likeness (QED) is 0.769. The Kier molecular flexibility index (Phi) is 7.32. The SMILES string of the molecule is CC(C)c1ccccc1OC[C@@H](O)CN1CCN(C[C@@H]2CCCO2)CC1. The van der Waals surface area contributed by atoms with Crippen molar-refractivity contribution in [3.8, 4) is 5.75 Å². The van der Waals surface area contributed by atoms with Gasteiger partial charge in [-0.05, 0) is 30.4 Å². The average molecular weight is 363 g/mol. The van der Waals surface area contributed by atoms with Gasteiger partial charge in [0.15, 0.2) is 0 Å². The Hall–Kier alpha value is -1.14.